The molecule has 1 atom stereocenters. The second-order valence-electron chi connectivity index (χ2n) is 5.08. The summed E-state index contributed by atoms with van der Waals surface area (Å²) in [6.07, 6.45) is 4.24. The van der Waals surface area contributed by atoms with Gasteiger partial charge >= 0.3 is 0 Å². The zero-order valence-corrected chi connectivity index (χ0v) is 9.88. The van der Waals surface area contributed by atoms with Gasteiger partial charge in [-0.2, -0.15) is 0 Å². The van der Waals surface area contributed by atoms with E-state index < -0.39 is 0 Å². The normalized spacial score (nSPS) is 26.7. The predicted molar refractivity (Wildman–Crippen MR) is 62.4 cm³/mol. The lowest BCUT2D eigenvalue weighted by molar-refractivity contribution is 0.182. The van der Waals surface area contributed by atoms with Crippen molar-refractivity contribution < 1.29 is 0 Å². The molecule has 1 rings (SSSR count). The molecule has 1 fully saturated rings. The summed E-state index contributed by atoms with van der Waals surface area (Å²) in [5, 5.41) is 0. The fourth-order valence-corrected chi connectivity index (χ4v) is 2.01. The number of rotatable bonds is 1. The molecule has 0 aromatic carbocycles. The Morgan fingerprint density at radius 3 is 2.57 bits per heavy atom. The highest BCUT2D eigenvalue weighted by Crippen LogP contribution is 2.33. The SMILES string of the molecule is C=CN1CC(C(C)(C)C)CC/C1=N/C. The van der Waals surface area contributed by atoms with Crippen LogP contribution in [0.4, 0.5) is 0 Å². The molecule has 2 heteroatoms. The fraction of sp³-hybridized carbons (Fsp3) is 0.750. The Labute approximate surface area is 87.7 Å². The van der Waals surface area contributed by atoms with Gasteiger partial charge in [0.2, 0.25) is 0 Å². The van der Waals surface area contributed by atoms with Crippen molar-refractivity contribution in [1.82, 2.24) is 4.90 Å². The van der Waals surface area contributed by atoms with Crippen LogP contribution >= 0.6 is 0 Å². The molecule has 0 aromatic heterocycles. The Hall–Kier alpha value is -0.790. The van der Waals surface area contributed by atoms with E-state index in [9.17, 15) is 0 Å². The van der Waals surface area contributed by atoms with E-state index in [4.69, 9.17) is 0 Å². The molecule has 0 saturated carbocycles. The first kappa shape index (κ1) is 11.3. The molecule has 1 saturated heterocycles. The first-order valence-electron chi connectivity index (χ1n) is 5.34. The fourth-order valence-electron chi connectivity index (χ4n) is 2.01. The van der Waals surface area contributed by atoms with Crippen LogP contribution in [-0.2, 0) is 0 Å². The van der Waals surface area contributed by atoms with Gasteiger partial charge < -0.3 is 4.90 Å². The number of hydrogen-bond acceptors (Lipinski definition) is 1. The molecular weight excluding hydrogens is 172 g/mol. The summed E-state index contributed by atoms with van der Waals surface area (Å²) < 4.78 is 0. The molecule has 1 aliphatic heterocycles. The summed E-state index contributed by atoms with van der Waals surface area (Å²) in [6, 6.07) is 0. The van der Waals surface area contributed by atoms with E-state index in [-0.39, 0.29) is 0 Å². The molecule has 0 aromatic rings. The second-order valence-corrected chi connectivity index (χ2v) is 5.08. The molecule has 1 heterocycles. The first-order valence-corrected chi connectivity index (χ1v) is 5.34. The van der Waals surface area contributed by atoms with Crippen LogP contribution in [0.5, 0.6) is 0 Å². The molecule has 80 valence electrons. The van der Waals surface area contributed by atoms with E-state index >= 15 is 0 Å². The van der Waals surface area contributed by atoms with E-state index in [1.165, 1.54) is 12.3 Å². The Morgan fingerprint density at radius 2 is 2.14 bits per heavy atom. The third-order valence-corrected chi connectivity index (χ3v) is 3.17. The summed E-state index contributed by atoms with van der Waals surface area (Å²) >= 11 is 0. The minimum absolute atomic E-state index is 0.389. The lowest BCUT2D eigenvalue weighted by Gasteiger charge is -2.39. The van der Waals surface area contributed by atoms with Gasteiger partial charge in [0.25, 0.3) is 0 Å². The lowest BCUT2D eigenvalue weighted by Crippen LogP contribution is -2.41. The van der Waals surface area contributed by atoms with Crippen LogP contribution in [-0.4, -0.2) is 24.3 Å². The largest absolute Gasteiger partial charge is 0.337 e. The Kier molecular flexibility index (Phi) is 3.35. The van der Waals surface area contributed by atoms with Crippen molar-refractivity contribution in [3.8, 4) is 0 Å². The molecule has 0 bridgehead atoms. The van der Waals surface area contributed by atoms with Crippen LogP contribution < -0.4 is 0 Å². The third kappa shape index (κ3) is 2.37. The van der Waals surface area contributed by atoms with Gasteiger partial charge in [0.1, 0.15) is 5.84 Å². The van der Waals surface area contributed by atoms with Crippen molar-refractivity contribution in [3.63, 3.8) is 0 Å². The van der Waals surface area contributed by atoms with E-state index in [1.54, 1.807) is 0 Å². The zero-order valence-electron chi connectivity index (χ0n) is 9.88. The van der Waals surface area contributed by atoms with Crippen LogP contribution in [0.3, 0.4) is 0 Å². The average Bonchev–Trinajstić information content (AvgIpc) is 2.15. The van der Waals surface area contributed by atoms with Gasteiger partial charge in [-0.05, 0) is 24.0 Å². The summed E-state index contributed by atoms with van der Waals surface area (Å²) in [6.45, 7) is 11.9. The molecule has 0 N–H and O–H groups in total. The highest BCUT2D eigenvalue weighted by molar-refractivity contribution is 5.83. The molecule has 0 spiro atoms. The monoisotopic (exact) mass is 194 g/mol. The van der Waals surface area contributed by atoms with Crippen molar-refractivity contribution in [2.24, 2.45) is 16.3 Å². The second kappa shape index (κ2) is 4.16. The summed E-state index contributed by atoms with van der Waals surface area (Å²) in [5.74, 6) is 1.92. The maximum atomic E-state index is 4.29. The third-order valence-electron chi connectivity index (χ3n) is 3.17. The molecule has 0 aliphatic carbocycles. The quantitative estimate of drug-likeness (QED) is 0.626. The molecule has 1 unspecified atom stereocenters. The van der Waals surface area contributed by atoms with Gasteiger partial charge in [-0.15, -0.1) is 0 Å². The maximum absolute atomic E-state index is 4.29. The number of nitrogens with zero attached hydrogens (tertiary/aromatic N) is 2. The molecule has 0 amide bonds. The van der Waals surface area contributed by atoms with E-state index in [0.29, 0.717) is 5.41 Å². The van der Waals surface area contributed by atoms with E-state index in [0.717, 1.165) is 18.9 Å². The van der Waals surface area contributed by atoms with Crippen molar-refractivity contribution in [2.75, 3.05) is 13.6 Å². The Bertz CT molecular complexity index is 235. The number of piperidine rings is 1. The number of likely N-dealkylation sites (tertiary alicyclic amines) is 1. The molecule has 0 radical (unpaired) electrons. The molecule has 1 aliphatic rings. The molecular formula is C12H22N2. The highest BCUT2D eigenvalue weighted by atomic mass is 15.2. The van der Waals surface area contributed by atoms with Crippen molar-refractivity contribution in [3.05, 3.63) is 12.8 Å². The van der Waals surface area contributed by atoms with Gasteiger partial charge in [-0.1, -0.05) is 27.4 Å². The van der Waals surface area contributed by atoms with Gasteiger partial charge in [0.05, 0.1) is 0 Å². The van der Waals surface area contributed by atoms with Crippen LogP contribution in [0.1, 0.15) is 33.6 Å². The summed E-state index contributed by atoms with van der Waals surface area (Å²) in [7, 11) is 1.86. The lowest BCUT2D eigenvalue weighted by atomic mass is 9.76. The molecule has 2 nitrogen and oxygen atoms in total. The van der Waals surface area contributed by atoms with Crippen molar-refractivity contribution in [1.29, 1.82) is 0 Å². The maximum Gasteiger partial charge on any atom is 0.102 e. The minimum atomic E-state index is 0.389. The summed E-state index contributed by atoms with van der Waals surface area (Å²) in [4.78, 5) is 6.48. The number of hydrogen-bond donors (Lipinski definition) is 0. The Balaban J connectivity index is 2.71. The van der Waals surface area contributed by atoms with Crippen LogP contribution in [0.15, 0.2) is 17.8 Å². The van der Waals surface area contributed by atoms with Gasteiger partial charge in [0, 0.05) is 20.0 Å². The Morgan fingerprint density at radius 1 is 1.50 bits per heavy atom. The number of aliphatic imine (C=N–C) groups is 1. The van der Waals surface area contributed by atoms with Gasteiger partial charge in [0.15, 0.2) is 0 Å². The predicted octanol–water partition coefficient (Wildman–Crippen LogP) is 2.92. The smallest absolute Gasteiger partial charge is 0.102 e. The van der Waals surface area contributed by atoms with Crippen molar-refractivity contribution in [2.45, 2.75) is 33.6 Å². The standard InChI is InChI=1S/C12H22N2/c1-6-14-9-10(12(2,3)4)7-8-11(14)13-5/h6,10H,1,7-9H2,2-5H3/b13-11-. The van der Waals surface area contributed by atoms with Gasteiger partial charge in [-0.25, -0.2) is 0 Å². The zero-order chi connectivity index (χ0) is 10.8. The number of amidine groups is 1. The first-order chi connectivity index (χ1) is 6.49. The highest BCUT2D eigenvalue weighted by Gasteiger charge is 2.30. The van der Waals surface area contributed by atoms with Crippen LogP contribution in [0, 0.1) is 11.3 Å². The molecule has 14 heavy (non-hydrogen) atoms. The van der Waals surface area contributed by atoms with E-state index in [2.05, 4.69) is 37.2 Å². The average molecular weight is 194 g/mol. The summed E-state index contributed by atoms with van der Waals surface area (Å²) in [5.41, 5.74) is 0.389. The van der Waals surface area contributed by atoms with Crippen LogP contribution in [0.2, 0.25) is 0 Å². The van der Waals surface area contributed by atoms with Crippen LogP contribution in [0.25, 0.3) is 0 Å². The van der Waals surface area contributed by atoms with Crippen molar-refractivity contribution >= 4 is 5.84 Å². The minimum Gasteiger partial charge on any atom is -0.337 e. The van der Waals surface area contributed by atoms with Gasteiger partial charge in [-0.3, -0.25) is 4.99 Å². The topological polar surface area (TPSA) is 15.6 Å². The van der Waals surface area contributed by atoms with E-state index in [1.807, 2.05) is 13.2 Å².